The summed E-state index contributed by atoms with van der Waals surface area (Å²) in [5.74, 6) is 2.13. The number of fused-ring (bicyclic) bond motifs is 1. The topological polar surface area (TPSA) is 56.8 Å². The Hall–Kier alpha value is -3.21. The van der Waals surface area contributed by atoms with E-state index in [0.717, 1.165) is 33.6 Å². The van der Waals surface area contributed by atoms with Crippen molar-refractivity contribution < 1.29 is 19.0 Å². The Labute approximate surface area is 171 Å². The fourth-order valence-electron chi connectivity index (χ4n) is 3.08. The van der Waals surface area contributed by atoms with E-state index in [1.807, 2.05) is 68.4 Å². The van der Waals surface area contributed by atoms with Gasteiger partial charge in [-0.2, -0.15) is 0 Å². The summed E-state index contributed by atoms with van der Waals surface area (Å²) >= 11 is 0. The highest BCUT2D eigenvalue weighted by molar-refractivity contribution is 5.88. The van der Waals surface area contributed by atoms with E-state index in [2.05, 4.69) is 11.4 Å². The maximum absolute atomic E-state index is 12.5. The summed E-state index contributed by atoms with van der Waals surface area (Å²) in [6.45, 7) is 5.34. The number of benzene rings is 3. The minimum absolute atomic E-state index is 0.0202. The molecule has 1 N–H and O–H groups in total. The molecule has 0 bridgehead atoms. The van der Waals surface area contributed by atoms with Gasteiger partial charge in [-0.3, -0.25) is 4.79 Å². The Bertz CT molecular complexity index is 953. The normalized spacial score (nSPS) is 11.7. The third kappa shape index (κ3) is 5.41. The van der Waals surface area contributed by atoms with E-state index in [1.54, 1.807) is 7.11 Å². The largest absolute Gasteiger partial charge is 0.497 e. The van der Waals surface area contributed by atoms with E-state index >= 15 is 0 Å². The highest BCUT2D eigenvalue weighted by atomic mass is 16.5. The van der Waals surface area contributed by atoms with Gasteiger partial charge in [0.1, 0.15) is 23.9 Å². The molecule has 0 aliphatic heterocycles. The number of hydrogen-bond donors (Lipinski definition) is 1. The highest BCUT2D eigenvalue weighted by Crippen LogP contribution is 2.25. The minimum Gasteiger partial charge on any atom is -0.497 e. The van der Waals surface area contributed by atoms with Crippen molar-refractivity contribution in [2.75, 3.05) is 26.9 Å². The summed E-state index contributed by atoms with van der Waals surface area (Å²) in [5.41, 5.74) is 0.979. The molecule has 0 heterocycles. The lowest BCUT2D eigenvalue weighted by Gasteiger charge is -2.14. The molecule has 0 aromatic heterocycles. The van der Waals surface area contributed by atoms with Crippen LogP contribution < -0.4 is 19.5 Å². The van der Waals surface area contributed by atoms with Crippen LogP contribution in [-0.2, 0) is 4.79 Å². The highest BCUT2D eigenvalue weighted by Gasteiger charge is 2.15. The number of nitrogens with one attached hydrogen (secondary N) is 1. The predicted octanol–water partition coefficient (Wildman–Crippen LogP) is 4.55. The molecule has 3 aromatic carbocycles. The second-order valence-electron chi connectivity index (χ2n) is 6.74. The second-order valence-corrected chi connectivity index (χ2v) is 6.74. The van der Waals surface area contributed by atoms with Crippen LogP contribution >= 0.6 is 0 Å². The van der Waals surface area contributed by atoms with Gasteiger partial charge in [0.15, 0.2) is 0 Å². The number of rotatable bonds is 9. The molecule has 0 saturated heterocycles. The summed E-state index contributed by atoms with van der Waals surface area (Å²) in [4.78, 5) is 12.5. The first-order valence-electron chi connectivity index (χ1n) is 9.81. The van der Waals surface area contributed by atoms with Crippen molar-refractivity contribution in [2.45, 2.75) is 19.8 Å². The van der Waals surface area contributed by atoms with E-state index in [9.17, 15) is 4.79 Å². The summed E-state index contributed by atoms with van der Waals surface area (Å²) in [7, 11) is 1.65. The van der Waals surface area contributed by atoms with Gasteiger partial charge in [-0.05, 0) is 66.6 Å². The molecule has 0 aliphatic carbocycles. The third-order valence-electron chi connectivity index (χ3n) is 4.77. The van der Waals surface area contributed by atoms with Crippen LogP contribution in [0.3, 0.4) is 0 Å². The van der Waals surface area contributed by atoms with Crippen molar-refractivity contribution in [2.24, 2.45) is 0 Å². The molecular weight excluding hydrogens is 366 g/mol. The number of carbonyl (C=O) groups is 1. The lowest BCUT2D eigenvalue weighted by atomic mass is 9.97. The lowest BCUT2D eigenvalue weighted by molar-refractivity contribution is -0.122. The molecule has 0 saturated carbocycles. The average molecular weight is 393 g/mol. The molecule has 1 atom stereocenters. The predicted molar refractivity (Wildman–Crippen MR) is 115 cm³/mol. The average Bonchev–Trinajstić information content (AvgIpc) is 2.76. The van der Waals surface area contributed by atoms with Crippen molar-refractivity contribution in [3.63, 3.8) is 0 Å². The van der Waals surface area contributed by atoms with Crippen LogP contribution in [0.5, 0.6) is 17.2 Å². The Morgan fingerprint density at radius 1 is 0.897 bits per heavy atom. The molecule has 3 aromatic rings. The Morgan fingerprint density at radius 2 is 1.52 bits per heavy atom. The zero-order chi connectivity index (χ0) is 20.6. The second kappa shape index (κ2) is 9.82. The van der Waals surface area contributed by atoms with Crippen molar-refractivity contribution in [1.82, 2.24) is 5.32 Å². The molecule has 0 aliphatic rings. The van der Waals surface area contributed by atoms with Crippen molar-refractivity contribution in [3.05, 3.63) is 66.2 Å². The van der Waals surface area contributed by atoms with E-state index in [4.69, 9.17) is 14.2 Å². The Morgan fingerprint density at radius 3 is 2.21 bits per heavy atom. The SMILES string of the molecule is CCOc1ccc(OCCNC(=O)[C@H](C)c2ccc3cc(OC)ccc3c2)cc1. The summed E-state index contributed by atoms with van der Waals surface area (Å²) in [6, 6.07) is 19.4. The first kappa shape index (κ1) is 20.5. The fourth-order valence-corrected chi connectivity index (χ4v) is 3.08. The Kier molecular flexibility index (Phi) is 6.95. The summed E-state index contributed by atoms with van der Waals surface area (Å²) < 4.78 is 16.3. The number of methoxy groups -OCH3 is 1. The monoisotopic (exact) mass is 393 g/mol. The third-order valence-corrected chi connectivity index (χ3v) is 4.77. The maximum Gasteiger partial charge on any atom is 0.227 e. The molecule has 0 unspecified atom stereocenters. The van der Waals surface area contributed by atoms with Gasteiger partial charge in [-0.25, -0.2) is 0 Å². The van der Waals surface area contributed by atoms with Crippen LogP contribution in [0.1, 0.15) is 25.3 Å². The molecule has 3 rings (SSSR count). The first-order chi connectivity index (χ1) is 14.1. The van der Waals surface area contributed by atoms with Crippen molar-refractivity contribution in [1.29, 1.82) is 0 Å². The van der Waals surface area contributed by atoms with E-state index in [-0.39, 0.29) is 11.8 Å². The zero-order valence-electron chi connectivity index (χ0n) is 17.1. The van der Waals surface area contributed by atoms with Crippen LogP contribution in [-0.4, -0.2) is 32.8 Å². The summed E-state index contributed by atoms with van der Waals surface area (Å²) in [5, 5.41) is 5.11. The van der Waals surface area contributed by atoms with E-state index < -0.39 is 0 Å². The van der Waals surface area contributed by atoms with Crippen LogP contribution in [0.2, 0.25) is 0 Å². The first-order valence-corrected chi connectivity index (χ1v) is 9.81. The molecule has 5 heteroatoms. The fraction of sp³-hybridized carbons (Fsp3) is 0.292. The van der Waals surface area contributed by atoms with Gasteiger partial charge < -0.3 is 19.5 Å². The van der Waals surface area contributed by atoms with E-state index in [1.165, 1.54) is 0 Å². The summed E-state index contributed by atoms with van der Waals surface area (Å²) in [6.07, 6.45) is 0. The number of ether oxygens (including phenoxy) is 3. The van der Waals surface area contributed by atoms with Gasteiger partial charge >= 0.3 is 0 Å². The van der Waals surface area contributed by atoms with Crippen molar-refractivity contribution >= 4 is 16.7 Å². The van der Waals surface area contributed by atoms with Gasteiger partial charge in [0.2, 0.25) is 5.91 Å². The zero-order valence-corrected chi connectivity index (χ0v) is 17.1. The molecule has 0 spiro atoms. The number of carbonyl (C=O) groups excluding carboxylic acids is 1. The molecular formula is C24H27NO4. The van der Waals surface area contributed by atoms with Gasteiger partial charge in [-0.1, -0.05) is 24.3 Å². The van der Waals surface area contributed by atoms with E-state index in [0.29, 0.717) is 19.8 Å². The van der Waals surface area contributed by atoms with Crippen LogP contribution in [0.25, 0.3) is 10.8 Å². The Balaban J connectivity index is 1.50. The van der Waals surface area contributed by atoms with Gasteiger partial charge in [0.25, 0.3) is 0 Å². The van der Waals surface area contributed by atoms with Crippen LogP contribution in [0.15, 0.2) is 60.7 Å². The lowest BCUT2D eigenvalue weighted by Crippen LogP contribution is -2.31. The maximum atomic E-state index is 12.5. The molecule has 0 radical (unpaired) electrons. The number of hydrogen-bond acceptors (Lipinski definition) is 4. The molecule has 29 heavy (non-hydrogen) atoms. The van der Waals surface area contributed by atoms with Crippen molar-refractivity contribution in [3.8, 4) is 17.2 Å². The standard InChI is InChI=1S/C24H27NO4/c1-4-28-21-9-11-22(12-10-21)29-14-13-25-24(26)17(2)18-5-6-20-16-23(27-3)8-7-19(20)15-18/h5-12,15-17H,4,13-14H2,1-3H3,(H,25,26)/t17-/m1/s1. The van der Waals surface area contributed by atoms with Gasteiger partial charge in [0.05, 0.1) is 26.2 Å². The smallest absolute Gasteiger partial charge is 0.227 e. The van der Waals surface area contributed by atoms with Crippen LogP contribution in [0.4, 0.5) is 0 Å². The molecule has 1 amide bonds. The molecule has 5 nitrogen and oxygen atoms in total. The minimum atomic E-state index is -0.244. The molecule has 0 fully saturated rings. The molecule has 152 valence electrons. The van der Waals surface area contributed by atoms with Gasteiger partial charge in [0, 0.05) is 0 Å². The number of amides is 1. The van der Waals surface area contributed by atoms with Crippen LogP contribution in [0, 0.1) is 0 Å². The van der Waals surface area contributed by atoms with Gasteiger partial charge in [-0.15, -0.1) is 0 Å². The quantitative estimate of drug-likeness (QED) is 0.542.